The van der Waals surface area contributed by atoms with Gasteiger partial charge >= 0.3 is 0 Å². The van der Waals surface area contributed by atoms with Crippen LogP contribution in [0.4, 0.5) is 0 Å². The molecule has 0 aromatic heterocycles. The van der Waals surface area contributed by atoms with E-state index in [-0.39, 0.29) is 6.42 Å². The van der Waals surface area contributed by atoms with E-state index in [1.165, 1.54) is 0 Å². The average Bonchev–Trinajstić information content (AvgIpc) is 2.75. The van der Waals surface area contributed by atoms with Crippen LogP contribution in [-0.2, 0) is 0 Å². The average molecular weight is 383 g/mol. The maximum absolute atomic E-state index is 10.3. The fourth-order valence-corrected chi connectivity index (χ4v) is 2.86. The molecule has 0 saturated heterocycles. The normalized spacial score (nSPS) is 15.2. The molecule has 0 spiro atoms. The lowest BCUT2D eigenvalue weighted by Crippen LogP contribution is -2.48. The van der Waals surface area contributed by atoms with Crippen LogP contribution in [0.15, 0.2) is 58.5 Å². The molecule has 5 N–H and O–H groups in total. The molecule has 0 bridgehead atoms. The number of rotatable bonds is 8. The molecular formula is C21H25N3O4. The van der Waals surface area contributed by atoms with Crippen LogP contribution in [0.3, 0.4) is 0 Å². The van der Waals surface area contributed by atoms with E-state index in [0.717, 1.165) is 17.8 Å². The number of aliphatic hydroxyl groups is 3. The lowest BCUT2D eigenvalue weighted by atomic mass is 9.92. The van der Waals surface area contributed by atoms with Gasteiger partial charge in [0.2, 0.25) is 0 Å². The Labute approximate surface area is 163 Å². The number of hydrogen-bond donors (Lipinski definition) is 4. The Morgan fingerprint density at radius 1 is 0.964 bits per heavy atom. The molecule has 28 heavy (non-hydrogen) atoms. The monoisotopic (exact) mass is 383 g/mol. The molecule has 1 atom stereocenters. The van der Waals surface area contributed by atoms with Crippen molar-refractivity contribution in [2.45, 2.75) is 18.1 Å². The molecule has 1 unspecified atom stereocenters. The Bertz CT molecular complexity index is 828. The first-order chi connectivity index (χ1) is 13.5. The minimum Gasteiger partial charge on any atom is -0.457 e. The lowest BCUT2D eigenvalue weighted by Gasteiger charge is -2.27. The molecule has 0 saturated carbocycles. The van der Waals surface area contributed by atoms with Gasteiger partial charge in [0.15, 0.2) is 0 Å². The Balaban J connectivity index is 1.62. The van der Waals surface area contributed by atoms with E-state index < -0.39 is 24.9 Å². The highest BCUT2D eigenvalue weighted by Gasteiger charge is 2.27. The summed E-state index contributed by atoms with van der Waals surface area (Å²) in [5.74, 6) is 1.32. The minimum atomic E-state index is -1.22. The Kier molecular flexibility index (Phi) is 6.53. The summed E-state index contributed by atoms with van der Waals surface area (Å²) in [6.07, 6.45) is 0.942. The number of ether oxygens (including phenoxy) is 1. The van der Waals surface area contributed by atoms with E-state index in [0.29, 0.717) is 23.6 Å². The quantitative estimate of drug-likeness (QED) is 0.550. The molecule has 1 aliphatic rings. The van der Waals surface area contributed by atoms with Crippen molar-refractivity contribution in [3.63, 3.8) is 0 Å². The number of benzene rings is 2. The number of aliphatic imine (C=N–C) groups is 2. The number of nitrogens with two attached hydrogens (primary N) is 1. The first kappa shape index (κ1) is 20.2. The Morgan fingerprint density at radius 3 is 2.11 bits per heavy atom. The van der Waals surface area contributed by atoms with Crippen molar-refractivity contribution in [2.24, 2.45) is 15.7 Å². The molecule has 2 aromatic carbocycles. The standard InChI is InChI=1S/C21H25N3O4/c22-21(13-25,14-26)11-20(27)16-3-7-18(8-4-16)28-17-5-1-15(2-6-17)19-12-23-9-10-24-19/h1-8,12,20,25-27H,9-11,13-14,22H2. The van der Waals surface area contributed by atoms with E-state index in [9.17, 15) is 15.3 Å². The highest BCUT2D eigenvalue weighted by molar-refractivity contribution is 6.38. The van der Waals surface area contributed by atoms with Gasteiger partial charge < -0.3 is 25.8 Å². The maximum Gasteiger partial charge on any atom is 0.127 e. The minimum absolute atomic E-state index is 0.0505. The second-order valence-electron chi connectivity index (χ2n) is 6.90. The molecule has 1 heterocycles. The van der Waals surface area contributed by atoms with Crippen LogP contribution in [0, 0.1) is 0 Å². The highest BCUT2D eigenvalue weighted by atomic mass is 16.5. The van der Waals surface area contributed by atoms with Gasteiger partial charge in [-0.15, -0.1) is 0 Å². The van der Waals surface area contributed by atoms with Crippen molar-refractivity contribution in [1.82, 2.24) is 0 Å². The second kappa shape index (κ2) is 9.07. The van der Waals surface area contributed by atoms with Gasteiger partial charge in [-0.25, -0.2) is 0 Å². The number of hydrogen-bond acceptors (Lipinski definition) is 7. The lowest BCUT2D eigenvalue weighted by molar-refractivity contribution is 0.0618. The molecule has 0 aliphatic carbocycles. The Hall–Kier alpha value is -2.58. The fraction of sp³-hybridized carbons (Fsp3) is 0.333. The SMILES string of the molecule is NC(CO)(CO)CC(O)c1ccc(Oc2ccc(C3=NCCN=C3)cc2)cc1. The van der Waals surface area contributed by atoms with Crippen LogP contribution >= 0.6 is 0 Å². The highest BCUT2D eigenvalue weighted by Crippen LogP contribution is 2.27. The number of aliphatic hydroxyl groups excluding tert-OH is 3. The molecule has 7 heteroatoms. The molecule has 0 radical (unpaired) electrons. The van der Waals surface area contributed by atoms with Crippen molar-refractivity contribution >= 4 is 11.9 Å². The topological polar surface area (TPSA) is 121 Å². The van der Waals surface area contributed by atoms with Gasteiger partial charge in [0.25, 0.3) is 0 Å². The largest absolute Gasteiger partial charge is 0.457 e. The zero-order chi connectivity index (χ0) is 20.0. The predicted molar refractivity (Wildman–Crippen MR) is 108 cm³/mol. The summed E-state index contributed by atoms with van der Waals surface area (Å²) < 4.78 is 5.84. The molecular weight excluding hydrogens is 358 g/mol. The van der Waals surface area contributed by atoms with Gasteiger partial charge in [0.05, 0.1) is 43.7 Å². The van der Waals surface area contributed by atoms with Crippen LogP contribution in [0.25, 0.3) is 0 Å². The molecule has 0 fully saturated rings. The summed E-state index contributed by atoms with van der Waals surface area (Å²) in [5, 5.41) is 28.8. The second-order valence-corrected chi connectivity index (χ2v) is 6.90. The zero-order valence-electron chi connectivity index (χ0n) is 15.5. The van der Waals surface area contributed by atoms with Gasteiger partial charge in [-0.3, -0.25) is 9.98 Å². The van der Waals surface area contributed by atoms with E-state index in [2.05, 4.69) is 9.98 Å². The predicted octanol–water partition coefficient (Wildman–Crippen LogP) is 1.46. The summed E-state index contributed by atoms with van der Waals surface area (Å²) in [6.45, 7) is 0.637. The van der Waals surface area contributed by atoms with Crippen molar-refractivity contribution in [1.29, 1.82) is 0 Å². The third-order valence-electron chi connectivity index (χ3n) is 4.61. The van der Waals surface area contributed by atoms with Crippen LogP contribution in [0.1, 0.15) is 23.7 Å². The van der Waals surface area contributed by atoms with Crippen LogP contribution in [0.2, 0.25) is 0 Å². The van der Waals surface area contributed by atoms with E-state index in [1.54, 1.807) is 30.5 Å². The summed E-state index contributed by atoms with van der Waals surface area (Å²) in [6, 6.07) is 14.6. The van der Waals surface area contributed by atoms with Crippen molar-refractivity contribution in [3.05, 3.63) is 59.7 Å². The fourth-order valence-electron chi connectivity index (χ4n) is 2.86. The van der Waals surface area contributed by atoms with E-state index in [1.807, 2.05) is 24.3 Å². The van der Waals surface area contributed by atoms with Gasteiger partial charge in [-0.2, -0.15) is 0 Å². The van der Waals surface area contributed by atoms with Crippen LogP contribution in [-0.4, -0.2) is 59.1 Å². The Morgan fingerprint density at radius 2 is 1.57 bits per heavy atom. The van der Waals surface area contributed by atoms with Crippen molar-refractivity contribution in [3.8, 4) is 11.5 Å². The molecule has 0 amide bonds. The molecule has 2 aromatic rings. The molecule has 7 nitrogen and oxygen atoms in total. The number of nitrogens with zero attached hydrogens (tertiary/aromatic N) is 2. The van der Waals surface area contributed by atoms with E-state index >= 15 is 0 Å². The third-order valence-corrected chi connectivity index (χ3v) is 4.61. The maximum atomic E-state index is 10.3. The summed E-state index contributed by atoms with van der Waals surface area (Å²) >= 11 is 0. The molecule has 3 rings (SSSR count). The smallest absolute Gasteiger partial charge is 0.127 e. The molecule has 1 aliphatic heterocycles. The van der Waals surface area contributed by atoms with Crippen LogP contribution in [0.5, 0.6) is 11.5 Å². The summed E-state index contributed by atoms with van der Waals surface area (Å²) in [7, 11) is 0. The van der Waals surface area contributed by atoms with E-state index in [4.69, 9.17) is 10.5 Å². The third kappa shape index (κ3) is 5.02. The van der Waals surface area contributed by atoms with Gasteiger partial charge in [-0.1, -0.05) is 12.1 Å². The summed E-state index contributed by atoms with van der Waals surface area (Å²) in [5.41, 5.74) is 7.11. The van der Waals surface area contributed by atoms with Gasteiger partial charge in [-0.05, 0) is 48.4 Å². The first-order valence-corrected chi connectivity index (χ1v) is 9.14. The van der Waals surface area contributed by atoms with Crippen LogP contribution < -0.4 is 10.5 Å². The van der Waals surface area contributed by atoms with Crippen molar-refractivity contribution in [2.75, 3.05) is 26.3 Å². The van der Waals surface area contributed by atoms with Crippen molar-refractivity contribution < 1.29 is 20.1 Å². The first-order valence-electron chi connectivity index (χ1n) is 9.14. The summed E-state index contributed by atoms with van der Waals surface area (Å²) in [4.78, 5) is 8.68. The van der Waals surface area contributed by atoms with Gasteiger partial charge in [0.1, 0.15) is 11.5 Å². The molecule has 148 valence electrons. The van der Waals surface area contributed by atoms with Gasteiger partial charge in [0, 0.05) is 11.8 Å². The zero-order valence-corrected chi connectivity index (χ0v) is 15.5.